The van der Waals surface area contributed by atoms with Crippen LogP contribution in [-0.4, -0.2) is 23.5 Å². The standard InChI is InChI=1S/C14H13FN2O3S/c15-9-3-1-4-10(7-9)17-14(20)13(19)16-8-11(18)12-5-2-6-21-12/h1-7,11,18H,8H2,(H,16,19)(H,17,20). The Morgan fingerprint density at radius 1 is 1.24 bits per heavy atom. The average Bonchev–Trinajstić information content (AvgIpc) is 2.98. The maximum absolute atomic E-state index is 12.9. The third-order valence-electron chi connectivity index (χ3n) is 2.62. The molecule has 21 heavy (non-hydrogen) atoms. The van der Waals surface area contributed by atoms with E-state index in [-0.39, 0.29) is 12.2 Å². The Balaban J connectivity index is 1.84. The third-order valence-corrected chi connectivity index (χ3v) is 3.59. The summed E-state index contributed by atoms with van der Waals surface area (Å²) in [4.78, 5) is 23.9. The summed E-state index contributed by atoms with van der Waals surface area (Å²) in [6, 6.07) is 8.73. The molecule has 5 nitrogen and oxygen atoms in total. The molecule has 0 bridgehead atoms. The lowest BCUT2D eigenvalue weighted by Crippen LogP contribution is -2.37. The van der Waals surface area contributed by atoms with Gasteiger partial charge in [0.1, 0.15) is 11.9 Å². The predicted octanol–water partition coefficient (Wildman–Crippen LogP) is 1.68. The molecule has 0 fully saturated rings. The molecule has 3 N–H and O–H groups in total. The number of benzene rings is 1. The first kappa shape index (κ1) is 15.1. The Labute approximate surface area is 124 Å². The van der Waals surface area contributed by atoms with E-state index in [0.717, 1.165) is 6.07 Å². The van der Waals surface area contributed by atoms with E-state index in [2.05, 4.69) is 10.6 Å². The number of amides is 2. The Bertz CT molecular complexity index is 631. The van der Waals surface area contributed by atoms with Gasteiger partial charge >= 0.3 is 11.8 Å². The van der Waals surface area contributed by atoms with Gasteiger partial charge in [-0.25, -0.2) is 4.39 Å². The molecule has 0 saturated carbocycles. The van der Waals surface area contributed by atoms with Crippen molar-refractivity contribution in [3.05, 3.63) is 52.5 Å². The lowest BCUT2D eigenvalue weighted by molar-refractivity contribution is -0.136. The number of halogens is 1. The van der Waals surface area contributed by atoms with Gasteiger partial charge in [-0.3, -0.25) is 9.59 Å². The molecule has 1 unspecified atom stereocenters. The van der Waals surface area contributed by atoms with Crippen LogP contribution in [-0.2, 0) is 9.59 Å². The molecule has 2 aromatic rings. The monoisotopic (exact) mass is 308 g/mol. The first-order valence-corrected chi connectivity index (χ1v) is 7.00. The van der Waals surface area contributed by atoms with Crippen LogP contribution < -0.4 is 10.6 Å². The van der Waals surface area contributed by atoms with E-state index in [1.807, 2.05) is 0 Å². The Morgan fingerprint density at radius 2 is 2.05 bits per heavy atom. The van der Waals surface area contributed by atoms with Crippen molar-refractivity contribution in [1.29, 1.82) is 0 Å². The van der Waals surface area contributed by atoms with Crippen molar-refractivity contribution in [2.24, 2.45) is 0 Å². The third kappa shape index (κ3) is 4.37. The fourth-order valence-electron chi connectivity index (χ4n) is 1.61. The number of nitrogens with one attached hydrogen (secondary N) is 2. The number of anilines is 1. The van der Waals surface area contributed by atoms with Gasteiger partial charge < -0.3 is 15.7 Å². The van der Waals surface area contributed by atoms with E-state index >= 15 is 0 Å². The number of aliphatic hydroxyl groups excluding tert-OH is 1. The number of thiophene rings is 1. The van der Waals surface area contributed by atoms with Crippen LogP contribution in [0.3, 0.4) is 0 Å². The van der Waals surface area contributed by atoms with Crippen LogP contribution in [0.1, 0.15) is 11.0 Å². The summed E-state index contributed by atoms with van der Waals surface area (Å²) < 4.78 is 12.9. The molecule has 1 atom stereocenters. The topological polar surface area (TPSA) is 78.4 Å². The molecule has 1 aromatic heterocycles. The van der Waals surface area contributed by atoms with Gasteiger partial charge in [0.05, 0.1) is 0 Å². The summed E-state index contributed by atoms with van der Waals surface area (Å²) in [5, 5.41) is 16.2. The molecule has 0 aliphatic heterocycles. The lowest BCUT2D eigenvalue weighted by atomic mass is 10.3. The number of carbonyl (C=O) groups is 2. The van der Waals surface area contributed by atoms with Crippen molar-refractivity contribution < 1.29 is 19.1 Å². The average molecular weight is 308 g/mol. The Hall–Kier alpha value is -2.25. The fraction of sp³-hybridized carbons (Fsp3) is 0.143. The minimum absolute atomic E-state index is 0.0735. The van der Waals surface area contributed by atoms with Crippen LogP contribution in [0.5, 0.6) is 0 Å². The summed E-state index contributed by atoms with van der Waals surface area (Å²) in [7, 11) is 0. The highest BCUT2D eigenvalue weighted by atomic mass is 32.1. The molecule has 2 amide bonds. The smallest absolute Gasteiger partial charge is 0.313 e. The number of carbonyl (C=O) groups excluding carboxylic acids is 2. The number of hydrogen-bond acceptors (Lipinski definition) is 4. The molecule has 0 saturated heterocycles. The normalized spacial score (nSPS) is 11.7. The first-order chi connectivity index (χ1) is 10.1. The summed E-state index contributed by atoms with van der Waals surface area (Å²) in [6.07, 6.45) is -0.865. The van der Waals surface area contributed by atoms with Crippen LogP contribution in [0.2, 0.25) is 0 Å². The highest BCUT2D eigenvalue weighted by molar-refractivity contribution is 7.10. The molecule has 7 heteroatoms. The van der Waals surface area contributed by atoms with Crippen molar-refractivity contribution in [3.8, 4) is 0 Å². The maximum atomic E-state index is 12.9. The second kappa shape index (κ2) is 6.96. The minimum atomic E-state index is -0.918. The van der Waals surface area contributed by atoms with Gasteiger partial charge in [0.2, 0.25) is 0 Å². The Kier molecular flexibility index (Phi) is 5.02. The van der Waals surface area contributed by atoms with Gasteiger partial charge in [-0.05, 0) is 29.6 Å². The summed E-state index contributed by atoms with van der Waals surface area (Å²) in [5.41, 5.74) is 0.189. The van der Waals surface area contributed by atoms with E-state index in [4.69, 9.17) is 0 Å². The van der Waals surface area contributed by atoms with Crippen LogP contribution in [0.25, 0.3) is 0 Å². The summed E-state index contributed by atoms with van der Waals surface area (Å²) in [5.74, 6) is -2.32. The fourth-order valence-corrected chi connectivity index (χ4v) is 2.32. The molecule has 1 heterocycles. The molecule has 1 aromatic carbocycles. The van der Waals surface area contributed by atoms with E-state index in [1.54, 1.807) is 17.5 Å². The first-order valence-electron chi connectivity index (χ1n) is 6.12. The SMILES string of the molecule is O=C(NCC(O)c1cccs1)C(=O)Nc1cccc(F)c1. The second-order valence-electron chi connectivity index (χ2n) is 4.21. The predicted molar refractivity (Wildman–Crippen MR) is 77.3 cm³/mol. The molecule has 110 valence electrons. The van der Waals surface area contributed by atoms with Crippen LogP contribution >= 0.6 is 11.3 Å². The minimum Gasteiger partial charge on any atom is -0.386 e. The quantitative estimate of drug-likeness (QED) is 0.752. The van der Waals surface area contributed by atoms with Gasteiger partial charge in [-0.1, -0.05) is 12.1 Å². The molecule has 2 rings (SSSR count). The zero-order chi connectivity index (χ0) is 15.2. The second-order valence-corrected chi connectivity index (χ2v) is 5.18. The number of rotatable bonds is 4. The van der Waals surface area contributed by atoms with Crippen molar-refractivity contribution in [2.45, 2.75) is 6.10 Å². The van der Waals surface area contributed by atoms with Gasteiger partial charge in [0, 0.05) is 17.1 Å². The van der Waals surface area contributed by atoms with Gasteiger partial charge in [-0.15, -0.1) is 11.3 Å². The van der Waals surface area contributed by atoms with E-state index in [9.17, 15) is 19.1 Å². The lowest BCUT2D eigenvalue weighted by Gasteiger charge is -2.10. The highest BCUT2D eigenvalue weighted by Gasteiger charge is 2.16. The van der Waals surface area contributed by atoms with Crippen molar-refractivity contribution in [1.82, 2.24) is 5.32 Å². The largest absolute Gasteiger partial charge is 0.386 e. The van der Waals surface area contributed by atoms with Gasteiger partial charge in [-0.2, -0.15) is 0 Å². The number of hydrogen-bond donors (Lipinski definition) is 3. The molecule has 0 aliphatic carbocycles. The van der Waals surface area contributed by atoms with Crippen LogP contribution in [0, 0.1) is 5.82 Å². The zero-order valence-electron chi connectivity index (χ0n) is 10.9. The molecule has 0 spiro atoms. The molecular formula is C14H13FN2O3S. The van der Waals surface area contributed by atoms with Crippen molar-refractivity contribution in [3.63, 3.8) is 0 Å². The molecular weight excluding hydrogens is 295 g/mol. The van der Waals surface area contributed by atoms with Crippen LogP contribution in [0.4, 0.5) is 10.1 Å². The van der Waals surface area contributed by atoms with Gasteiger partial charge in [0.15, 0.2) is 0 Å². The zero-order valence-corrected chi connectivity index (χ0v) is 11.7. The molecule has 0 aliphatic rings. The van der Waals surface area contributed by atoms with E-state index < -0.39 is 23.7 Å². The number of aliphatic hydroxyl groups is 1. The van der Waals surface area contributed by atoms with Crippen LogP contribution in [0.15, 0.2) is 41.8 Å². The van der Waals surface area contributed by atoms with Gasteiger partial charge in [0.25, 0.3) is 0 Å². The summed E-state index contributed by atoms with van der Waals surface area (Å²) >= 11 is 1.35. The highest BCUT2D eigenvalue weighted by Crippen LogP contribution is 2.17. The molecule has 0 radical (unpaired) electrons. The maximum Gasteiger partial charge on any atom is 0.313 e. The van der Waals surface area contributed by atoms with Crippen molar-refractivity contribution >= 4 is 28.8 Å². The van der Waals surface area contributed by atoms with Crippen molar-refractivity contribution in [2.75, 3.05) is 11.9 Å². The Morgan fingerprint density at radius 3 is 2.71 bits per heavy atom. The summed E-state index contributed by atoms with van der Waals surface area (Å²) in [6.45, 7) is -0.0735. The van der Waals surface area contributed by atoms with E-state index in [0.29, 0.717) is 4.88 Å². The van der Waals surface area contributed by atoms with E-state index in [1.165, 1.54) is 29.5 Å².